The molecule has 0 amide bonds. The summed E-state index contributed by atoms with van der Waals surface area (Å²) in [4.78, 5) is 0. The van der Waals surface area contributed by atoms with E-state index in [1.54, 1.807) is 7.11 Å². The number of fused-ring (bicyclic) bond motifs is 1. The van der Waals surface area contributed by atoms with Crippen LogP contribution in [0.2, 0.25) is 0 Å². The molecule has 1 aromatic carbocycles. The SMILES string of the molecule is COCCCCNCc1cc(Br)c2c(c1)OCCO2. The Balaban J connectivity index is 1.82. The maximum Gasteiger partial charge on any atom is 0.175 e. The van der Waals surface area contributed by atoms with E-state index >= 15 is 0 Å². The van der Waals surface area contributed by atoms with Crippen molar-refractivity contribution in [3.05, 3.63) is 22.2 Å². The van der Waals surface area contributed by atoms with Gasteiger partial charge in [0.15, 0.2) is 11.5 Å². The Hall–Kier alpha value is -0.780. The van der Waals surface area contributed by atoms with E-state index in [0.29, 0.717) is 13.2 Å². The molecule has 0 unspecified atom stereocenters. The van der Waals surface area contributed by atoms with Crippen LogP contribution in [-0.4, -0.2) is 33.5 Å². The molecule has 1 N–H and O–H groups in total. The second kappa shape index (κ2) is 7.72. The van der Waals surface area contributed by atoms with Gasteiger partial charge in [-0.1, -0.05) is 0 Å². The van der Waals surface area contributed by atoms with Crippen molar-refractivity contribution in [3.8, 4) is 11.5 Å². The highest BCUT2D eigenvalue weighted by Crippen LogP contribution is 2.38. The summed E-state index contributed by atoms with van der Waals surface area (Å²) in [5, 5.41) is 3.42. The number of benzene rings is 1. The highest BCUT2D eigenvalue weighted by Gasteiger charge is 2.15. The van der Waals surface area contributed by atoms with Gasteiger partial charge < -0.3 is 19.5 Å². The van der Waals surface area contributed by atoms with Crippen molar-refractivity contribution in [1.82, 2.24) is 5.32 Å². The normalized spacial score (nSPS) is 13.6. The van der Waals surface area contributed by atoms with Gasteiger partial charge in [0.05, 0.1) is 4.47 Å². The number of halogens is 1. The van der Waals surface area contributed by atoms with E-state index in [4.69, 9.17) is 14.2 Å². The molecule has 4 nitrogen and oxygen atoms in total. The van der Waals surface area contributed by atoms with E-state index in [9.17, 15) is 0 Å². The van der Waals surface area contributed by atoms with Crippen LogP contribution in [0, 0.1) is 0 Å². The van der Waals surface area contributed by atoms with Crippen LogP contribution in [0.5, 0.6) is 11.5 Å². The minimum Gasteiger partial charge on any atom is -0.486 e. The number of rotatable bonds is 7. The number of nitrogens with one attached hydrogen (secondary N) is 1. The molecule has 0 bridgehead atoms. The van der Waals surface area contributed by atoms with Gasteiger partial charge in [-0.25, -0.2) is 0 Å². The van der Waals surface area contributed by atoms with Crippen molar-refractivity contribution in [1.29, 1.82) is 0 Å². The van der Waals surface area contributed by atoms with E-state index in [0.717, 1.165) is 48.5 Å². The largest absolute Gasteiger partial charge is 0.486 e. The molecular formula is C14H20BrNO3. The fourth-order valence-corrected chi connectivity index (χ4v) is 2.60. The first-order valence-corrected chi connectivity index (χ1v) is 7.38. The van der Waals surface area contributed by atoms with Crippen LogP contribution in [0.25, 0.3) is 0 Å². The number of unbranched alkanes of at least 4 members (excludes halogenated alkanes) is 1. The summed E-state index contributed by atoms with van der Waals surface area (Å²) in [5.74, 6) is 1.65. The highest BCUT2D eigenvalue weighted by atomic mass is 79.9. The standard InChI is InChI=1S/C14H20BrNO3/c1-17-5-3-2-4-16-10-11-8-12(15)14-13(9-11)18-6-7-19-14/h8-9,16H,2-7,10H2,1H3. The predicted octanol–water partition coefficient (Wildman–Crippen LogP) is 2.74. The Morgan fingerprint density at radius 3 is 2.95 bits per heavy atom. The van der Waals surface area contributed by atoms with Gasteiger partial charge in [0, 0.05) is 20.3 Å². The molecule has 0 fully saturated rings. The van der Waals surface area contributed by atoms with Crippen LogP contribution in [0.4, 0.5) is 0 Å². The van der Waals surface area contributed by atoms with Gasteiger partial charge in [-0.2, -0.15) is 0 Å². The van der Waals surface area contributed by atoms with Gasteiger partial charge >= 0.3 is 0 Å². The van der Waals surface area contributed by atoms with Crippen LogP contribution in [0.1, 0.15) is 18.4 Å². The predicted molar refractivity (Wildman–Crippen MR) is 77.9 cm³/mol. The maximum atomic E-state index is 5.61. The second-order valence-corrected chi connectivity index (χ2v) is 5.33. The van der Waals surface area contributed by atoms with Gasteiger partial charge in [-0.05, 0) is 53.0 Å². The summed E-state index contributed by atoms with van der Waals surface area (Å²) >= 11 is 3.53. The minimum absolute atomic E-state index is 0.614. The number of hydrogen-bond donors (Lipinski definition) is 1. The Labute approximate surface area is 122 Å². The van der Waals surface area contributed by atoms with E-state index in [1.807, 2.05) is 6.07 Å². The smallest absolute Gasteiger partial charge is 0.175 e. The Kier molecular flexibility index (Phi) is 5.94. The summed E-state index contributed by atoms with van der Waals surface area (Å²) < 4.78 is 17.2. The average molecular weight is 330 g/mol. The summed E-state index contributed by atoms with van der Waals surface area (Å²) in [7, 11) is 1.74. The van der Waals surface area contributed by atoms with Crippen molar-refractivity contribution in [2.24, 2.45) is 0 Å². The third-order valence-corrected chi connectivity index (χ3v) is 3.53. The average Bonchev–Trinajstić information content (AvgIpc) is 2.43. The number of ether oxygens (including phenoxy) is 3. The first kappa shape index (κ1) is 14.6. The molecule has 0 spiro atoms. The quantitative estimate of drug-likeness (QED) is 0.781. The van der Waals surface area contributed by atoms with Gasteiger partial charge in [-0.3, -0.25) is 0 Å². The fourth-order valence-electron chi connectivity index (χ4n) is 2.00. The van der Waals surface area contributed by atoms with E-state index in [-0.39, 0.29) is 0 Å². The van der Waals surface area contributed by atoms with Crippen molar-refractivity contribution in [2.75, 3.05) is 33.5 Å². The number of methoxy groups -OCH3 is 1. The molecule has 0 atom stereocenters. The molecule has 1 heterocycles. The van der Waals surface area contributed by atoms with Crippen LogP contribution in [0.3, 0.4) is 0 Å². The molecule has 106 valence electrons. The highest BCUT2D eigenvalue weighted by molar-refractivity contribution is 9.10. The third-order valence-electron chi connectivity index (χ3n) is 2.94. The van der Waals surface area contributed by atoms with Crippen LogP contribution in [0.15, 0.2) is 16.6 Å². The molecule has 0 aliphatic carbocycles. The molecule has 1 aliphatic heterocycles. The zero-order chi connectivity index (χ0) is 13.5. The summed E-state index contributed by atoms with van der Waals surface area (Å²) in [6.45, 7) is 3.89. The van der Waals surface area contributed by atoms with Crippen molar-refractivity contribution in [2.45, 2.75) is 19.4 Å². The summed E-state index contributed by atoms with van der Waals surface area (Å²) in [6, 6.07) is 4.12. The first-order valence-electron chi connectivity index (χ1n) is 6.59. The van der Waals surface area contributed by atoms with Crippen LogP contribution >= 0.6 is 15.9 Å². The van der Waals surface area contributed by atoms with Gasteiger partial charge in [0.2, 0.25) is 0 Å². The van der Waals surface area contributed by atoms with E-state index in [2.05, 4.69) is 27.3 Å². The van der Waals surface area contributed by atoms with E-state index in [1.165, 1.54) is 5.56 Å². The molecule has 5 heteroatoms. The van der Waals surface area contributed by atoms with Gasteiger partial charge in [0.25, 0.3) is 0 Å². The van der Waals surface area contributed by atoms with Crippen molar-refractivity contribution in [3.63, 3.8) is 0 Å². The molecule has 0 aromatic heterocycles. The summed E-state index contributed by atoms with van der Waals surface area (Å²) in [6.07, 6.45) is 2.22. The molecule has 19 heavy (non-hydrogen) atoms. The lowest BCUT2D eigenvalue weighted by molar-refractivity contribution is 0.170. The monoisotopic (exact) mass is 329 g/mol. The van der Waals surface area contributed by atoms with Gasteiger partial charge in [0.1, 0.15) is 13.2 Å². The van der Waals surface area contributed by atoms with Crippen LogP contribution in [-0.2, 0) is 11.3 Å². The zero-order valence-electron chi connectivity index (χ0n) is 11.2. The maximum absolute atomic E-state index is 5.61. The molecule has 1 aromatic rings. The van der Waals surface area contributed by atoms with Crippen LogP contribution < -0.4 is 14.8 Å². The van der Waals surface area contributed by atoms with Crippen molar-refractivity contribution < 1.29 is 14.2 Å². The lowest BCUT2D eigenvalue weighted by Gasteiger charge is -2.20. The molecule has 2 rings (SSSR count). The molecule has 0 saturated carbocycles. The fraction of sp³-hybridized carbons (Fsp3) is 0.571. The van der Waals surface area contributed by atoms with Crippen molar-refractivity contribution >= 4 is 15.9 Å². The second-order valence-electron chi connectivity index (χ2n) is 4.48. The molecular weight excluding hydrogens is 310 g/mol. The Bertz CT molecular complexity index is 412. The minimum atomic E-state index is 0.614. The summed E-state index contributed by atoms with van der Waals surface area (Å²) in [5.41, 5.74) is 1.20. The number of hydrogen-bond acceptors (Lipinski definition) is 4. The van der Waals surface area contributed by atoms with E-state index < -0.39 is 0 Å². The first-order chi connectivity index (χ1) is 9.31. The molecule has 0 saturated heterocycles. The zero-order valence-corrected chi connectivity index (χ0v) is 12.8. The Morgan fingerprint density at radius 1 is 1.26 bits per heavy atom. The van der Waals surface area contributed by atoms with Gasteiger partial charge in [-0.15, -0.1) is 0 Å². The Morgan fingerprint density at radius 2 is 2.11 bits per heavy atom. The molecule has 1 aliphatic rings. The lowest BCUT2D eigenvalue weighted by atomic mass is 10.2. The lowest BCUT2D eigenvalue weighted by Crippen LogP contribution is -2.18. The topological polar surface area (TPSA) is 39.7 Å². The third kappa shape index (κ3) is 4.37. The molecule has 0 radical (unpaired) electrons.